The van der Waals surface area contributed by atoms with Crippen LogP contribution in [0.25, 0.3) is 0 Å². The molecule has 1 aromatic rings. The molecule has 0 spiro atoms. The van der Waals surface area contributed by atoms with Gasteiger partial charge < -0.3 is 0 Å². The Bertz CT molecular complexity index is 474. The molecule has 3 nitrogen and oxygen atoms in total. The molecule has 0 saturated heterocycles. The van der Waals surface area contributed by atoms with Crippen molar-refractivity contribution in [3.63, 3.8) is 0 Å². The van der Waals surface area contributed by atoms with E-state index in [1.807, 2.05) is 0 Å². The fourth-order valence-corrected chi connectivity index (χ4v) is 2.15. The fourth-order valence-electron chi connectivity index (χ4n) is 1.16. The van der Waals surface area contributed by atoms with E-state index in [0.29, 0.717) is 0 Å². The van der Waals surface area contributed by atoms with Gasteiger partial charge in [-0.25, -0.2) is 8.93 Å². The summed E-state index contributed by atoms with van der Waals surface area (Å²) in [7, 11) is -1.87. The zero-order chi connectivity index (χ0) is 14.8. The minimum atomic E-state index is -4.61. The largest absolute Gasteiger partial charge is 0.410 e. The molecule has 0 aliphatic heterocycles. The van der Waals surface area contributed by atoms with Crippen molar-refractivity contribution in [1.29, 1.82) is 0 Å². The van der Waals surface area contributed by atoms with Crippen LogP contribution in [0.1, 0.15) is 32.5 Å². The summed E-state index contributed by atoms with van der Waals surface area (Å²) in [5.41, 5.74) is -0.308. The molecule has 0 aliphatic rings. The third kappa shape index (κ3) is 4.74. The summed E-state index contributed by atoms with van der Waals surface area (Å²) in [5.74, 6) is 0. The average Bonchev–Trinajstić information content (AvgIpc) is 2.22. The van der Waals surface area contributed by atoms with Gasteiger partial charge in [0.25, 0.3) is 0 Å². The Labute approximate surface area is 117 Å². The molecule has 0 amide bonds. The van der Waals surface area contributed by atoms with E-state index < -0.39 is 28.0 Å². The molecule has 19 heavy (non-hydrogen) atoms. The number of aromatic nitrogens is 1. The summed E-state index contributed by atoms with van der Waals surface area (Å²) in [5, 5.41) is 0.141. The third-order valence-electron chi connectivity index (χ3n) is 2.15. The Hall–Kier alpha value is -0.660. The second-order valence-electron chi connectivity index (χ2n) is 4.87. The van der Waals surface area contributed by atoms with E-state index >= 15 is 0 Å². The Morgan fingerprint density at radius 1 is 1.37 bits per heavy atom. The highest BCUT2D eigenvalue weighted by atomic mass is 35.5. The molecule has 1 aromatic heterocycles. The van der Waals surface area contributed by atoms with Gasteiger partial charge in [-0.1, -0.05) is 11.6 Å². The lowest BCUT2D eigenvalue weighted by Gasteiger charge is -2.25. The van der Waals surface area contributed by atoms with Gasteiger partial charge >= 0.3 is 6.18 Å². The molecule has 0 aliphatic carbocycles. The lowest BCUT2D eigenvalue weighted by molar-refractivity contribution is -0.153. The topological polar surface area (TPSA) is 42.0 Å². The minimum absolute atomic E-state index is 0.141. The van der Waals surface area contributed by atoms with Crippen molar-refractivity contribution in [3.8, 4) is 0 Å². The van der Waals surface area contributed by atoms with E-state index in [4.69, 9.17) is 11.6 Å². The minimum Gasteiger partial charge on any atom is -0.259 e. The van der Waals surface area contributed by atoms with Crippen molar-refractivity contribution >= 4 is 22.6 Å². The van der Waals surface area contributed by atoms with E-state index in [-0.39, 0.29) is 10.7 Å². The lowest BCUT2D eigenvalue weighted by atomic mass is 10.2. The van der Waals surface area contributed by atoms with Gasteiger partial charge in [-0.3, -0.25) is 4.98 Å². The van der Waals surface area contributed by atoms with Crippen molar-refractivity contribution in [2.45, 2.75) is 37.7 Å². The molecule has 108 valence electrons. The van der Waals surface area contributed by atoms with Gasteiger partial charge in [0, 0.05) is 11.2 Å². The predicted octanol–water partition coefficient (Wildman–Crippen LogP) is 3.39. The molecule has 0 bridgehead atoms. The van der Waals surface area contributed by atoms with Crippen LogP contribution in [0.15, 0.2) is 18.3 Å². The summed E-state index contributed by atoms with van der Waals surface area (Å²) in [6, 6.07) is 0.359. The van der Waals surface area contributed by atoms with Gasteiger partial charge in [0.2, 0.25) is 0 Å². The summed E-state index contributed by atoms with van der Waals surface area (Å²) in [6.07, 6.45) is -3.43. The molecule has 1 rings (SSSR count). The van der Waals surface area contributed by atoms with E-state index in [1.54, 1.807) is 20.8 Å². The maximum atomic E-state index is 13.0. The van der Waals surface area contributed by atoms with E-state index in [0.717, 1.165) is 6.07 Å². The number of hydrogen-bond donors (Lipinski definition) is 1. The van der Waals surface area contributed by atoms with Gasteiger partial charge in [0.15, 0.2) is 6.04 Å². The summed E-state index contributed by atoms with van der Waals surface area (Å²) in [4.78, 5) is 3.64. The van der Waals surface area contributed by atoms with Gasteiger partial charge in [0.05, 0.1) is 21.4 Å². The number of nitrogens with one attached hydrogen (secondary N) is 1. The number of rotatable bonds is 3. The van der Waals surface area contributed by atoms with E-state index in [1.165, 1.54) is 12.3 Å². The molecule has 1 N–H and O–H groups in total. The zero-order valence-corrected chi connectivity index (χ0v) is 12.2. The summed E-state index contributed by atoms with van der Waals surface area (Å²) >= 11 is 5.65. The summed E-state index contributed by atoms with van der Waals surface area (Å²) in [6.45, 7) is 4.73. The lowest BCUT2D eigenvalue weighted by Crippen LogP contribution is -2.41. The van der Waals surface area contributed by atoms with Crippen LogP contribution in [-0.2, 0) is 11.0 Å². The standard InChI is InChI=1S/C11H14ClF3N2OS/c1-10(2,3)19(18)17-9(11(13,14)15)8-6-7(12)4-5-16-8/h4-6,9,17H,1-3H3. The monoisotopic (exact) mass is 314 g/mol. The Balaban J connectivity index is 3.08. The molecular weight excluding hydrogens is 301 g/mol. The second kappa shape index (κ2) is 5.76. The predicted molar refractivity (Wildman–Crippen MR) is 69.1 cm³/mol. The smallest absolute Gasteiger partial charge is 0.259 e. The van der Waals surface area contributed by atoms with Crippen LogP contribution in [-0.4, -0.2) is 20.1 Å². The molecule has 0 fully saturated rings. The van der Waals surface area contributed by atoms with Crippen LogP contribution >= 0.6 is 11.6 Å². The van der Waals surface area contributed by atoms with Crippen LogP contribution in [0.3, 0.4) is 0 Å². The van der Waals surface area contributed by atoms with Gasteiger partial charge in [-0.05, 0) is 32.9 Å². The SMILES string of the molecule is CC(C)(C)S(=O)NC(c1cc(Cl)ccn1)C(F)(F)F. The fraction of sp³-hybridized carbons (Fsp3) is 0.545. The zero-order valence-electron chi connectivity index (χ0n) is 10.6. The number of alkyl halides is 3. The first-order chi connectivity index (χ1) is 8.51. The summed E-state index contributed by atoms with van der Waals surface area (Å²) < 4.78 is 52.1. The molecule has 2 unspecified atom stereocenters. The van der Waals surface area contributed by atoms with Crippen LogP contribution < -0.4 is 4.72 Å². The number of pyridine rings is 1. The van der Waals surface area contributed by atoms with Crippen molar-refractivity contribution in [1.82, 2.24) is 9.71 Å². The average molecular weight is 315 g/mol. The number of nitrogens with zero attached hydrogens (tertiary/aromatic N) is 1. The quantitative estimate of drug-likeness (QED) is 0.929. The van der Waals surface area contributed by atoms with Gasteiger partial charge in [0.1, 0.15) is 0 Å². The molecule has 0 radical (unpaired) electrons. The van der Waals surface area contributed by atoms with Crippen molar-refractivity contribution in [3.05, 3.63) is 29.0 Å². The Morgan fingerprint density at radius 2 is 1.95 bits per heavy atom. The molecule has 2 atom stereocenters. The number of hydrogen-bond acceptors (Lipinski definition) is 2. The first-order valence-electron chi connectivity index (χ1n) is 5.38. The highest BCUT2D eigenvalue weighted by Crippen LogP contribution is 2.33. The van der Waals surface area contributed by atoms with Crippen LogP contribution in [0.2, 0.25) is 5.02 Å². The van der Waals surface area contributed by atoms with Crippen LogP contribution in [0.4, 0.5) is 13.2 Å². The molecule has 8 heteroatoms. The van der Waals surface area contributed by atoms with Crippen molar-refractivity contribution < 1.29 is 17.4 Å². The highest BCUT2D eigenvalue weighted by Gasteiger charge is 2.44. The third-order valence-corrected chi connectivity index (χ3v) is 3.94. The van der Waals surface area contributed by atoms with Crippen LogP contribution in [0, 0.1) is 0 Å². The first kappa shape index (κ1) is 16.4. The van der Waals surface area contributed by atoms with Crippen molar-refractivity contribution in [2.75, 3.05) is 0 Å². The Morgan fingerprint density at radius 3 is 2.37 bits per heavy atom. The molecule has 1 heterocycles. The highest BCUT2D eigenvalue weighted by molar-refractivity contribution is 7.84. The van der Waals surface area contributed by atoms with E-state index in [2.05, 4.69) is 9.71 Å². The maximum absolute atomic E-state index is 13.0. The second-order valence-corrected chi connectivity index (χ2v) is 7.31. The molecule has 0 saturated carbocycles. The maximum Gasteiger partial charge on any atom is 0.410 e. The number of halogens is 4. The Kier molecular flexibility index (Phi) is 4.97. The first-order valence-corrected chi connectivity index (χ1v) is 6.91. The molecular formula is C11H14ClF3N2OS. The van der Waals surface area contributed by atoms with Crippen molar-refractivity contribution in [2.24, 2.45) is 0 Å². The van der Waals surface area contributed by atoms with Gasteiger partial charge in [-0.2, -0.15) is 13.2 Å². The van der Waals surface area contributed by atoms with Crippen LogP contribution in [0.5, 0.6) is 0 Å². The van der Waals surface area contributed by atoms with Gasteiger partial charge in [-0.15, -0.1) is 0 Å². The van der Waals surface area contributed by atoms with E-state index in [9.17, 15) is 17.4 Å². The normalized spacial score (nSPS) is 16.2. The molecule has 0 aromatic carbocycles.